The first-order chi connectivity index (χ1) is 13.4. The maximum absolute atomic E-state index is 13.0. The molecule has 0 saturated heterocycles. The van der Waals surface area contributed by atoms with Gasteiger partial charge in [0, 0.05) is 11.5 Å². The van der Waals surface area contributed by atoms with Crippen LogP contribution in [-0.2, 0) is 0 Å². The van der Waals surface area contributed by atoms with E-state index in [2.05, 4.69) is 4.74 Å². The van der Waals surface area contributed by atoms with Gasteiger partial charge in [0.05, 0.1) is 23.4 Å². The van der Waals surface area contributed by atoms with Gasteiger partial charge in [-0.3, -0.25) is 0 Å². The molecule has 0 amide bonds. The van der Waals surface area contributed by atoms with Crippen molar-refractivity contribution in [2.75, 3.05) is 0 Å². The predicted molar refractivity (Wildman–Crippen MR) is 96.3 cm³/mol. The third-order valence-electron chi connectivity index (χ3n) is 5.58. The SMILES string of the molecule is C[C@@H]1CC=C2C(C#N)=C(N)C(C#N)(C#N)[C@@H](c3ccccc3OC(F)F)[C@@H]2C1. The fourth-order valence-corrected chi connectivity index (χ4v) is 4.36. The van der Waals surface area contributed by atoms with Crippen LogP contribution in [0.3, 0.4) is 0 Å². The molecule has 2 aliphatic carbocycles. The minimum absolute atomic E-state index is 0.0943. The van der Waals surface area contributed by atoms with Crippen molar-refractivity contribution in [3.8, 4) is 24.0 Å². The Balaban J connectivity index is 2.33. The summed E-state index contributed by atoms with van der Waals surface area (Å²) in [5.41, 5.74) is 5.34. The molecule has 7 heteroatoms. The highest BCUT2D eigenvalue weighted by Gasteiger charge is 2.55. The zero-order valence-corrected chi connectivity index (χ0v) is 15.2. The second-order valence-electron chi connectivity index (χ2n) is 7.17. The number of benzene rings is 1. The maximum Gasteiger partial charge on any atom is 0.387 e. The van der Waals surface area contributed by atoms with Crippen LogP contribution in [0.2, 0.25) is 0 Å². The van der Waals surface area contributed by atoms with E-state index in [-0.39, 0.29) is 28.9 Å². The lowest BCUT2D eigenvalue weighted by Crippen LogP contribution is -2.43. The van der Waals surface area contributed by atoms with Gasteiger partial charge in [0.2, 0.25) is 0 Å². The minimum atomic E-state index is -3.05. The smallest absolute Gasteiger partial charge is 0.387 e. The molecule has 0 radical (unpaired) electrons. The number of nitriles is 3. The Labute approximate surface area is 161 Å². The number of para-hydroxylation sites is 1. The van der Waals surface area contributed by atoms with Gasteiger partial charge in [-0.15, -0.1) is 0 Å². The van der Waals surface area contributed by atoms with Crippen molar-refractivity contribution in [3.63, 3.8) is 0 Å². The van der Waals surface area contributed by atoms with Crippen LogP contribution in [0.15, 0.2) is 47.2 Å². The molecule has 5 nitrogen and oxygen atoms in total. The van der Waals surface area contributed by atoms with Gasteiger partial charge in [0.25, 0.3) is 0 Å². The second-order valence-corrected chi connectivity index (χ2v) is 7.17. The van der Waals surface area contributed by atoms with Crippen molar-refractivity contribution in [1.82, 2.24) is 0 Å². The summed E-state index contributed by atoms with van der Waals surface area (Å²) in [6.45, 7) is -1.02. The van der Waals surface area contributed by atoms with Crippen molar-refractivity contribution in [3.05, 3.63) is 52.7 Å². The summed E-state index contributed by atoms with van der Waals surface area (Å²) in [6, 6.07) is 12.2. The minimum Gasteiger partial charge on any atom is -0.435 e. The molecule has 3 rings (SSSR count). The molecule has 0 bridgehead atoms. The van der Waals surface area contributed by atoms with Gasteiger partial charge in [-0.2, -0.15) is 24.6 Å². The van der Waals surface area contributed by atoms with Crippen molar-refractivity contribution < 1.29 is 13.5 Å². The predicted octanol–water partition coefficient (Wildman–Crippen LogP) is 4.13. The van der Waals surface area contributed by atoms with Gasteiger partial charge in [-0.25, -0.2) is 0 Å². The molecule has 0 unspecified atom stereocenters. The summed E-state index contributed by atoms with van der Waals surface area (Å²) in [4.78, 5) is 0. The number of rotatable bonds is 3. The second kappa shape index (κ2) is 7.33. The van der Waals surface area contributed by atoms with Gasteiger partial charge in [0.15, 0.2) is 5.41 Å². The van der Waals surface area contributed by atoms with E-state index in [4.69, 9.17) is 5.73 Å². The molecule has 0 aromatic heterocycles. The molecule has 2 N–H and O–H groups in total. The van der Waals surface area contributed by atoms with Crippen LogP contribution in [0.5, 0.6) is 5.75 Å². The molecule has 2 aliphatic rings. The van der Waals surface area contributed by atoms with E-state index in [0.29, 0.717) is 17.6 Å². The number of nitrogens with two attached hydrogens (primary N) is 1. The monoisotopic (exact) mass is 380 g/mol. The molecule has 0 fully saturated rings. The molecule has 3 atom stereocenters. The van der Waals surface area contributed by atoms with Gasteiger partial charge >= 0.3 is 6.61 Å². The maximum atomic E-state index is 13.0. The third kappa shape index (κ3) is 2.88. The Morgan fingerprint density at radius 3 is 2.50 bits per heavy atom. The van der Waals surface area contributed by atoms with Crippen LogP contribution in [0.4, 0.5) is 8.78 Å². The van der Waals surface area contributed by atoms with Gasteiger partial charge in [0.1, 0.15) is 11.8 Å². The normalized spacial score (nSPS) is 25.8. The molecule has 142 valence electrons. The van der Waals surface area contributed by atoms with Crippen LogP contribution in [0.1, 0.15) is 31.2 Å². The molecule has 0 heterocycles. The topological polar surface area (TPSA) is 107 Å². The quantitative estimate of drug-likeness (QED) is 0.848. The van der Waals surface area contributed by atoms with Gasteiger partial charge in [-0.05, 0) is 36.3 Å². The fourth-order valence-electron chi connectivity index (χ4n) is 4.36. The average molecular weight is 380 g/mol. The number of hydrogen-bond donors (Lipinski definition) is 1. The standard InChI is InChI=1S/C21H18F2N4O/c1-12-6-7-13-15(8-12)18(14-4-2-3-5-17(14)28-20(22)23)21(10-25,11-26)19(27)16(13)9-24/h2-5,7,12,15,18,20H,6,8,27H2,1H3/t12-,15-,18+/m1/s1. The Bertz CT molecular complexity index is 963. The van der Waals surface area contributed by atoms with Gasteiger partial charge in [-0.1, -0.05) is 31.2 Å². The first-order valence-corrected chi connectivity index (χ1v) is 8.86. The van der Waals surface area contributed by atoms with E-state index in [9.17, 15) is 24.6 Å². The lowest BCUT2D eigenvalue weighted by Gasteiger charge is -2.44. The Morgan fingerprint density at radius 2 is 1.89 bits per heavy atom. The summed E-state index contributed by atoms with van der Waals surface area (Å²) in [6.07, 6.45) is 3.24. The highest BCUT2D eigenvalue weighted by molar-refractivity contribution is 5.60. The number of nitrogens with zero attached hydrogens (tertiary/aromatic N) is 3. The largest absolute Gasteiger partial charge is 0.435 e. The first kappa shape index (κ1) is 19.4. The summed E-state index contributed by atoms with van der Waals surface area (Å²) in [7, 11) is 0. The van der Waals surface area contributed by atoms with E-state index < -0.39 is 17.9 Å². The van der Waals surface area contributed by atoms with E-state index in [1.54, 1.807) is 18.2 Å². The zero-order chi connectivity index (χ0) is 20.5. The molecule has 1 aromatic rings. The first-order valence-electron chi connectivity index (χ1n) is 8.86. The number of halogens is 2. The summed E-state index contributed by atoms with van der Waals surface area (Å²) >= 11 is 0. The average Bonchev–Trinajstić information content (AvgIpc) is 2.68. The van der Waals surface area contributed by atoms with Crippen LogP contribution < -0.4 is 10.5 Å². The fraction of sp³-hybridized carbons (Fsp3) is 0.381. The molecule has 0 spiro atoms. The number of allylic oxidation sites excluding steroid dienone is 4. The molecular weight excluding hydrogens is 362 g/mol. The number of ether oxygens (including phenoxy) is 1. The van der Waals surface area contributed by atoms with Crippen molar-refractivity contribution in [2.24, 2.45) is 23.0 Å². The van der Waals surface area contributed by atoms with Crippen LogP contribution >= 0.6 is 0 Å². The highest BCUT2D eigenvalue weighted by atomic mass is 19.3. The Morgan fingerprint density at radius 1 is 1.21 bits per heavy atom. The number of hydrogen-bond acceptors (Lipinski definition) is 5. The molecular formula is C21H18F2N4O. The summed E-state index contributed by atoms with van der Waals surface area (Å²) in [5, 5.41) is 29.6. The highest BCUT2D eigenvalue weighted by Crippen LogP contribution is 2.57. The van der Waals surface area contributed by atoms with Crippen molar-refractivity contribution >= 4 is 0 Å². The lowest BCUT2D eigenvalue weighted by molar-refractivity contribution is -0.0509. The van der Waals surface area contributed by atoms with E-state index >= 15 is 0 Å². The van der Waals surface area contributed by atoms with E-state index in [1.165, 1.54) is 6.07 Å². The van der Waals surface area contributed by atoms with Crippen LogP contribution in [0.25, 0.3) is 0 Å². The zero-order valence-electron chi connectivity index (χ0n) is 15.2. The molecule has 28 heavy (non-hydrogen) atoms. The Hall–Kier alpha value is -3.37. The van der Waals surface area contributed by atoms with Gasteiger partial charge < -0.3 is 10.5 Å². The van der Waals surface area contributed by atoms with Crippen LogP contribution in [0, 0.1) is 51.2 Å². The Kier molecular flexibility index (Phi) is 5.08. The van der Waals surface area contributed by atoms with Crippen molar-refractivity contribution in [1.29, 1.82) is 15.8 Å². The van der Waals surface area contributed by atoms with Crippen molar-refractivity contribution in [2.45, 2.75) is 32.3 Å². The third-order valence-corrected chi connectivity index (χ3v) is 5.58. The summed E-state index contributed by atoms with van der Waals surface area (Å²) < 4.78 is 30.6. The molecule has 1 aromatic carbocycles. The number of fused-ring (bicyclic) bond motifs is 1. The lowest BCUT2D eigenvalue weighted by atomic mass is 9.56. The van der Waals surface area contributed by atoms with E-state index in [0.717, 1.165) is 6.42 Å². The molecule has 0 aliphatic heterocycles. The summed E-state index contributed by atoms with van der Waals surface area (Å²) in [5.74, 6) is -1.06. The van der Waals surface area contributed by atoms with Crippen LogP contribution in [-0.4, -0.2) is 6.61 Å². The van der Waals surface area contributed by atoms with E-state index in [1.807, 2.05) is 31.2 Å². The molecule has 0 saturated carbocycles. The number of alkyl halides is 2.